The van der Waals surface area contributed by atoms with Crippen LogP contribution in [0.3, 0.4) is 0 Å². The lowest BCUT2D eigenvalue weighted by atomic mass is 10.2. The number of ether oxygens (including phenoxy) is 2. The molecule has 4 rings (SSSR count). The van der Waals surface area contributed by atoms with Crippen molar-refractivity contribution in [3.63, 3.8) is 0 Å². The molecule has 4 aromatic rings. The predicted octanol–water partition coefficient (Wildman–Crippen LogP) is 4.17. The summed E-state index contributed by atoms with van der Waals surface area (Å²) >= 11 is 3.24. The normalized spacial score (nSPS) is 11.0. The number of para-hydroxylation sites is 1. The molecule has 0 saturated heterocycles. The molecule has 0 unspecified atom stereocenters. The van der Waals surface area contributed by atoms with Crippen LogP contribution in [0.4, 0.5) is 5.69 Å². The van der Waals surface area contributed by atoms with E-state index in [1.807, 2.05) is 6.07 Å². The molecule has 176 valence electrons. The molecule has 35 heavy (non-hydrogen) atoms. The first kappa shape index (κ1) is 23.8. The van der Waals surface area contributed by atoms with Gasteiger partial charge >= 0.3 is 11.7 Å². The molecule has 0 atom stereocenters. The van der Waals surface area contributed by atoms with Crippen molar-refractivity contribution in [3.05, 3.63) is 97.2 Å². The molecule has 0 aliphatic rings. The Labute approximate surface area is 206 Å². The fourth-order valence-electron chi connectivity index (χ4n) is 3.30. The molecule has 0 spiro atoms. The maximum absolute atomic E-state index is 13.3. The van der Waals surface area contributed by atoms with Gasteiger partial charge in [0.25, 0.3) is 5.56 Å². The molecule has 11 heteroatoms. The van der Waals surface area contributed by atoms with Crippen LogP contribution >= 0.6 is 15.9 Å². The van der Waals surface area contributed by atoms with E-state index in [4.69, 9.17) is 4.74 Å². The molecule has 0 amide bonds. The van der Waals surface area contributed by atoms with E-state index in [1.165, 1.54) is 25.5 Å². The molecule has 0 aliphatic heterocycles. The first-order valence-corrected chi connectivity index (χ1v) is 11.0. The van der Waals surface area contributed by atoms with Crippen LogP contribution in [0.5, 0.6) is 5.75 Å². The molecule has 0 radical (unpaired) electrons. The van der Waals surface area contributed by atoms with Crippen molar-refractivity contribution >= 4 is 44.7 Å². The molecule has 1 aromatic heterocycles. The van der Waals surface area contributed by atoms with Crippen LogP contribution in [0.1, 0.15) is 5.56 Å². The van der Waals surface area contributed by atoms with Gasteiger partial charge in [-0.25, -0.2) is 9.78 Å². The number of esters is 1. The summed E-state index contributed by atoms with van der Waals surface area (Å²) in [6.45, 7) is -0.549. The van der Waals surface area contributed by atoms with Crippen molar-refractivity contribution in [1.29, 1.82) is 0 Å². The van der Waals surface area contributed by atoms with Gasteiger partial charge in [0.15, 0.2) is 12.4 Å². The van der Waals surface area contributed by atoms with Crippen LogP contribution in [-0.4, -0.2) is 40.5 Å². The summed E-state index contributed by atoms with van der Waals surface area (Å²) in [4.78, 5) is 40.5. The number of carbonyl (C=O) groups excluding carboxylic acids is 1. The monoisotopic (exact) mass is 536 g/mol. The van der Waals surface area contributed by atoms with Crippen LogP contribution < -0.4 is 10.3 Å². The number of nitrogens with zero attached hydrogens (tertiary/aromatic N) is 4. The molecule has 0 fully saturated rings. The highest BCUT2D eigenvalue weighted by Crippen LogP contribution is 2.34. The Balaban J connectivity index is 1.90. The van der Waals surface area contributed by atoms with Gasteiger partial charge in [-0.05, 0) is 18.2 Å². The van der Waals surface area contributed by atoms with Crippen molar-refractivity contribution < 1.29 is 19.2 Å². The fourth-order valence-corrected chi connectivity index (χ4v) is 3.77. The van der Waals surface area contributed by atoms with E-state index in [-0.39, 0.29) is 17.1 Å². The van der Waals surface area contributed by atoms with Crippen LogP contribution in [0.25, 0.3) is 22.3 Å². The Bertz CT molecular complexity index is 1520. The van der Waals surface area contributed by atoms with Crippen molar-refractivity contribution in [2.24, 2.45) is 5.10 Å². The van der Waals surface area contributed by atoms with Gasteiger partial charge in [0.05, 0.1) is 29.2 Å². The average molecular weight is 537 g/mol. The first-order chi connectivity index (χ1) is 16.9. The maximum atomic E-state index is 13.3. The summed E-state index contributed by atoms with van der Waals surface area (Å²) in [6, 6.07) is 18.7. The summed E-state index contributed by atoms with van der Waals surface area (Å²) in [5.41, 5.74) is 0.496. The Hall–Kier alpha value is -4.38. The molecule has 10 nitrogen and oxygen atoms in total. The highest BCUT2D eigenvalue weighted by atomic mass is 79.9. The smallest absolute Gasteiger partial charge is 0.343 e. The zero-order valence-electron chi connectivity index (χ0n) is 18.3. The third-order valence-electron chi connectivity index (χ3n) is 4.92. The number of rotatable bonds is 7. The lowest BCUT2D eigenvalue weighted by Gasteiger charge is -2.11. The Kier molecular flexibility index (Phi) is 6.97. The van der Waals surface area contributed by atoms with Gasteiger partial charge in [-0.3, -0.25) is 14.9 Å². The zero-order chi connectivity index (χ0) is 24.9. The Morgan fingerprint density at radius 3 is 2.60 bits per heavy atom. The summed E-state index contributed by atoms with van der Waals surface area (Å²) < 4.78 is 11.5. The quantitative estimate of drug-likeness (QED) is 0.150. The number of methoxy groups -OCH3 is 1. The summed E-state index contributed by atoms with van der Waals surface area (Å²) in [7, 11) is 1.17. The fraction of sp³-hybridized carbons (Fsp3) is 0.0833. The van der Waals surface area contributed by atoms with Crippen molar-refractivity contribution in [1.82, 2.24) is 9.66 Å². The van der Waals surface area contributed by atoms with Gasteiger partial charge in [0.1, 0.15) is 0 Å². The van der Waals surface area contributed by atoms with E-state index >= 15 is 0 Å². The highest BCUT2D eigenvalue weighted by Gasteiger charge is 2.22. The van der Waals surface area contributed by atoms with Gasteiger partial charge in [0.2, 0.25) is 5.75 Å². The number of hydrogen-bond acceptors (Lipinski definition) is 8. The topological polar surface area (TPSA) is 126 Å². The molecular weight excluding hydrogens is 520 g/mol. The minimum atomic E-state index is -0.716. The van der Waals surface area contributed by atoms with Crippen LogP contribution in [-0.2, 0) is 9.53 Å². The minimum Gasteiger partial charge on any atom is -0.474 e. The third kappa shape index (κ3) is 5.09. The molecule has 0 bridgehead atoms. The van der Waals surface area contributed by atoms with Gasteiger partial charge in [-0.2, -0.15) is 9.78 Å². The van der Waals surface area contributed by atoms with Crippen molar-refractivity contribution in [3.8, 4) is 17.1 Å². The third-order valence-corrected chi connectivity index (χ3v) is 5.38. The van der Waals surface area contributed by atoms with E-state index in [2.05, 4.69) is 30.8 Å². The van der Waals surface area contributed by atoms with Crippen LogP contribution in [0.15, 0.2) is 81.1 Å². The molecule has 1 heterocycles. The standard InChI is InChI=1S/C24H17BrN4O6/c1-34-21(30)14-35-22-16(11-17(25)12-20(22)29(32)33)13-26-28-23(15-7-3-2-4-8-15)27-19-10-6-5-9-18(19)24(28)31/h2-13H,14H2,1H3. The summed E-state index contributed by atoms with van der Waals surface area (Å²) in [5.74, 6) is -0.631. The van der Waals surface area contributed by atoms with Crippen molar-refractivity contribution in [2.75, 3.05) is 13.7 Å². The summed E-state index contributed by atoms with van der Waals surface area (Å²) in [5, 5.41) is 16.3. The number of benzene rings is 3. The summed E-state index contributed by atoms with van der Waals surface area (Å²) in [6.07, 6.45) is 1.24. The number of nitro groups is 1. The van der Waals surface area contributed by atoms with Crippen LogP contribution in [0, 0.1) is 10.1 Å². The predicted molar refractivity (Wildman–Crippen MR) is 133 cm³/mol. The Morgan fingerprint density at radius 2 is 1.89 bits per heavy atom. The molecular formula is C24H17BrN4O6. The number of carbonyl (C=O) groups is 1. The van der Waals surface area contributed by atoms with Gasteiger partial charge in [-0.1, -0.05) is 58.4 Å². The van der Waals surface area contributed by atoms with Gasteiger partial charge < -0.3 is 9.47 Å². The number of hydrogen-bond donors (Lipinski definition) is 0. The van der Waals surface area contributed by atoms with E-state index in [1.54, 1.807) is 48.5 Å². The Morgan fingerprint density at radius 1 is 1.17 bits per heavy atom. The average Bonchev–Trinajstić information content (AvgIpc) is 2.87. The number of nitro benzene ring substituents is 1. The second-order valence-corrected chi connectivity index (χ2v) is 8.06. The molecule has 3 aromatic carbocycles. The van der Waals surface area contributed by atoms with Crippen LogP contribution in [0.2, 0.25) is 0 Å². The molecule has 0 aliphatic carbocycles. The van der Waals surface area contributed by atoms with E-state index in [0.717, 1.165) is 4.68 Å². The van der Waals surface area contributed by atoms with E-state index in [0.29, 0.717) is 20.9 Å². The van der Waals surface area contributed by atoms with E-state index in [9.17, 15) is 19.7 Å². The maximum Gasteiger partial charge on any atom is 0.343 e. The van der Waals surface area contributed by atoms with E-state index < -0.39 is 28.7 Å². The number of halogens is 1. The van der Waals surface area contributed by atoms with Crippen molar-refractivity contribution in [2.45, 2.75) is 0 Å². The number of fused-ring (bicyclic) bond motifs is 1. The second-order valence-electron chi connectivity index (χ2n) is 7.15. The first-order valence-electron chi connectivity index (χ1n) is 10.2. The van der Waals surface area contributed by atoms with Gasteiger partial charge in [-0.15, -0.1) is 0 Å². The largest absolute Gasteiger partial charge is 0.474 e. The lowest BCUT2D eigenvalue weighted by Crippen LogP contribution is -2.20. The van der Waals surface area contributed by atoms with Gasteiger partial charge in [0, 0.05) is 21.7 Å². The minimum absolute atomic E-state index is 0.161. The molecule has 0 saturated carbocycles. The highest BCUT2D eigenvalue weighted by molar-refractivity contribution is 9.10. The second kappa shape index (κ2) is 10.3. The SMILES string of the molecule is COC(=O)COc1c(C=Nn2c(-c3ccccc3)nc3ccccc3c2=O)cc(Br)cc1[N+](=O)[O-]. The molecule has 0 N–H and O–H groups in total. The zero-order valence-corrected chi connectivity index (χ0v) is 19.8. The number of aromatic nitrogens is 2. The lowest BCUT2D eigenvalue weighted by molar-refractivity contribution is -0.385.